The van der Waals surface area contributed by atoms with Crippen LogP contribution in [0.15, 0.2) is 18.2 Å². The van der Waals surface area contributed by atoms with Gasteiger partial charge in [-0.2, -0.15) is 0 Å². The Morgan fingerprint density at radius 1 is 1.30 bits per heavy atom. The number of benzene rings is 1. The van der Waals surface area contributed by atoms with E-state index in [1.54, 1.807) is 19.2 Å². The topological polar surface area (TPSA) is 59.6 Å². The van der Waals surface area contributed by atoms with Gasteiger partial charge in [0.15, 0.2) is 6.61 Å². The van der Waals surface area contributed by atoms with Crippen LogP contribution in [0, 0.1) is 0 Å². The number of hydrogen-bond donors (Lipinski definition) is 2. The maximum atomic E-state index is 11.8. The van der Waals surface area contributed by atoms with Crippen LogP contribution >= 0.6 is 24.0 Å². The number of methoxy groups -OCH3 is 1. The van der Waals surface area contributed by atoms with Crippen molar-refractivity contribution in [2.45, 2.75) is 32.9 Å². The van der Waals surface area contributed by atoms with Gasteiger partial charge in [0.2, 0.25) is 0 Å². The van der Waals surface area contributed by atoms with E-state index in [1.807, 2.05) is 26.8 Å². The second-order valence-corrected chi connectivity index (χ2v) is 6.44. The van der Waals surface area contributed by atoms with E-state index in [9.17, 15) is 4.79 Å². The molecule has 0 saturated carbocycles. The molecule has 0 aromatic heterocycles. The van der Waals surface area contributed by atoms with Crippen LogP contribution in [0.1, 0.15) is 26.3 Å². The first-order valence-corrected chi connectivity index (χ1v) is 7.61. The fourth-order valence-electron chi connectivity index (χ4n) is 1.82. The molecule has 1 aromatic rings. The first-order chi connectivity index (χ1) is 10.3. The first-order valence-electron chi connectivity index (χ1n) is 7.24. The molecule has 1 amide bonds. The smallest absolute Gasteiger partial charge is 0.258 e. The van der Waals surface area contributed by atoms with Crippen LogP contribution in [-0.2, 0) is 16.1 Å². The minimum atomic E-state index is -0.273. The summed E-state index contributed by atoms with van der Waals surface area (Å²) < 4.78 is 10.6. The Balaban J connectivity index is 0.00000484. The van der Waals surface area contributed by atoms with Crippen molar-refractivity contribution < 1.29 is 14.3 Å². The molecule has 1 aromatic carbocycles. The summed E-state index contributed by atoms with van der Waals surface area (Å²) in [7, 11) is 1.66. The summed E-state index contributed by atoms with van der Waals surface area (Å²) in [6.07, 6.45) is 0. The largest absolute Gasteiger partial charge is 0.483 e. The van der Waals surface area contributed by atoms with Crippen molar-refractivity contribution in [3.8, 4) is 5.75 Å². The molecular formula is C16H26Cl2N2O3. The number of carbonyl (C=O) groups is 1. The molecule has 0 spiro atoms. The summed E-state index contributed by atoms with van der Waals surface area (Å²) in [6, 6.07) is 5.36. The third-order valence-corrected chi connectivity index (χ3v) is 2.93. The van der Waals surface area contributed by atoms with Gasteiger partial charge >= 0.3 is 0 Å². The van der Waals surface area contributed by atoms with Gasteiger partial charge in [-0.25, -0.2) is 0 Å². The lowest BCUT2D eigenvalue weighted by molar-refractivity contribution is -0.124. The summed E-state index contributed by atoms with van der Waals surface area (Å²) in [6.45, 7) is 7.72. The summed E-state index contributed by atoms with van der Waals surface area (Å²) >= 11 is 6.02. The highest BCUT2D eigenvalue weighted by atomic mass is 35.5. The molecule has 0 aliphatic carbocycles. The lowest BCUT2D eigenvalue weighted by Crippen LogP contribution is -2.43. The molecule has 7 heteroatoms. The third kappa shape index (κ3) is 9.66. The summed E-state index contributed by atoms with van der Waals surface area (Å²) in [5, 5.41) is 6.72. The maximum Gasteiger partial charge on any atom is 0.258 e. The zero-order valence-electron chi connectivity index (χ0n) is 14.1. The summed E-state index contributed by atoms with van der Waals surface area (Å²) in [5.74, 6) is 0.499. The van der Waals surface area contributed by atoms with E-state index in [1.165, 1.54) is 0 Å². The second-order valence-electron chi connectivity index (χ2n) is 6.01. The Hall–Kier alpha value is -1.01. The standard InChI is InChI=1S/C16H25ClN2O3.ClH/c1-16(2,3)19-15(20)11-22-14-6-5-13(17)9-12(14)10-18-7-8-21-4;/h5-6,9,18H,7-8,10-11H2,1-4H3,(H,19,20);1H. The number of rotatable bonds is 8. The van der Waals surface area contributed by atoms with Gasteiger partial charge in [0.25, 0.3) is 5.91 Å². The Labute approximate surface area is 149 Å². The maximum absolute atomic E-state index is 11.8. The van der Waals surface area contributed by atoms with Crippen LogP contribution in [0.25, 0.3) is 0 Å². The van der Waals surface area contributed by atoms with E-state index >= 15 is 0 Å². The molecule has 0 aliphatic rings. The minimum absolute atomic E-state index is 0. The quantitative estimate of drug-likeness (QED) is 0.696. The Kier molecular flexibility index (Phi) is 10.2. The molecule has 23 heavy (non-hydrogen) atoms. The van der Waals surface area contributed by atoms with E-state index in [-0.39, 0.29) is 30.5 Å². The summed E-state index contributed by atoms with van der Waals surface area (Å²) in [5.41, 5.74) is 0.637. The molecule has 5 nitrogen and oxygen atoms in total. The van der Waals surface area contributed by atoms with Gasteiger partial charge < -0.3 is 20.1 Å². The molecule has 0 heterocycles. The predicted octanol–water partition coefficient (Wildman–Crippen LogP) is 2.79. The van der Waals surface area contributed by atoms with Crippen LogP contribution in [0.2, 0.25) is 5.02 Å². The molecule has 0 saturated heterocycles. The molecule has 0 radical (unpaired) electrons. The van der Waals surface area contributed by atoms with E-state index in [0.717, 1.165) is 12.1 Å². The zero-order valence-corrected chi connectivity index (χ0v) is 15.6. The number of carbonyl (C=O) groups excluding carboxylic acids is 1. The van der Waals surface area contributed by atoms with E-state index < -0.39 is 0 Å². The van der Waals surface area contributed by atoms with Gasteiger partial charge in [0.1, 0.15) is 5.75 Å². The lowest BCUT2D eigenvalue weighted by Gasteiger charge is -2.21. The molecule has 1 rings (SSSR count). The second kappa shape index (κ2) is 10.7. The molecule has 0 bridgehead atoms. The highest BCUT2D eigenvalue weighted by molar-refractivity contribution is 6.30. The Bertz CT molecular complexity index is 491. The molecule has 0 fully saturated rings. The van der Waals surface area contributed by atoms with E-state index in [0.29, 0.717) is 23.9 Å². The molecule has 0 atom stereocenters. The number of hydrogen-bond acceptors (Lipinski definition) is 4. The average Bonchev–Trinajstić information content (AvgIpc) is 2.41. The fourth-order valence-corrected chi connectivity index (χ4v) is 2.02. The van der Waals surface area contributed by atoms with Gasteiger partial charge in [0, 0.05) is 36.3 Å². The van der Waals surface area contributed by atoms with Gasteiger partial charge in [-0.05, 0) is 39.0 Å². The van der Waals surface area contributed by atoms with Crippen molar-refractivity contribution in [2.24, 2.45) is 0 Å². The van der Waals surface area contributed by atoms with Crippen LogP contribution in [-0.4, -0.2) is 38.3 Å². The monoisotopic (exact) mass is 364 g/mol. The molecule has 132 valence electrons. The fraction of sp³-hybridized carbons (Fsp3) is 0.562. The molecule has 2 N–H and O–H groups in total. The predicted molar refractivity (Wildman–Crippen MR) is 95.7 cm³/mol. The van der Waals surface area contributed by atoms with Crippen molar-refractivity contribution in [3.63, 3.8) is 0 Å². The van der Waals surface area contributed by atoms with Crippen molar-refractivity contribution in [1.29, 1.82) is 0 Å². The number of amides is 1. The lowest BCUT2D eigenvalue weighted by atomic mass is 10.1. The molecular weight excluding hydrogens is 339 g/mol. The van der Waals surface area contributed by atoms with Crippen LogP contribution < -0.4 is 15.4 Å². The third-order valence-electron chi connectivity index (χ3n) is 2.69. The zero-order chi connectivity index (χ0) is 16.6. The van der Waals surface area contributed by atoms with Gasteiger partial charge in [0.05, 0.1) is 6.61 Å². The van der Waals surface area contributed by atoms with E-state index in [2.05, 4.69) is 10.6 Å². The summed E-state index contributed by atoms with van der Waals surface area (Å²) in [4.78, 5) is 11.8. The SMILES string of the molecule is COCCNCc1cc(Cl)ccc1OCC(=O)NC(C)(C)C.Cl. The first kappa shape index (κ1) is 22.0. The average molecular weight is 365 g/mol. The normalized spacial score (nSPS) is 10.8. The van der Waals surface area contributed by atoms with Gasteiger partial charge in [-0.3, -0.25) is 4.79 Å². The highest BCUT2D eigenvalue weighted by Gasteiger charge is 2.14. The number of halogens is 2. The van der Waals surface area contributed by atoms with Crippen LogP contribution in [0.3, 0.4) is 0 Å². The van der Waals surface area contributed by atoms with Crippen LogP contribution in [0.4, 0.5) is 0 Å². The molecule has 0 aliphatic heterocycles. The molecule has 0 unspecified atom stereocenters. The van der Waals surface area contributed by atoms with E-state index in [4.69, 9.17) is 21.1 Å². The van der Waals surface area contributed by atoms with Crippen molar-refractivity contribution in [1.82, 2.24) is 10.6 Å². The van der Waals surface area contributed by atoms with Crippen molar-refractivity contribution in [2.75, 3.05) is 26.9 Å². The Morgan fingerprint density at radius 2 is 2.00 bits per heavy atom. The van der Waals surface area contributed by atoms with Crippen molar-refractivity contribution in [3.05, 3.63) is 28.8 Å². The van der Waals surface area contributed by atoms with Gasteiger partial charge in [-0.1, -0.05) is 11.6 Å². The van der Waals surface area contributed by atoms with Crippen molar-refractivity contribution >= 4 is 29.9 Å². The minimum Gasteiger partial charge on any atom is -0.483 e. The number of ether oxygens (including phenoxy) is 2. The van der Waals surface area contributed by atoms with Gasteiger partial charge in [-0.15, -0.1) is 12.4 Å². The highest BCUT2D eigenvalue weighted by Crippen LogP contribution is 2.22. The van der Waals surface area contributed by atoms with Crippen LogP contribution in [0.5, 0.6) is 5.75 Å². The number of nitrogens with one attached hydrogen (secondary N) is 2. The Morgan fingerprint density at radius 3 is 2.61 bits per heavy atom.